The highest BCUT2D eigenvalue weighted by molar-refractivity contribution is 5.80. The van der Waals surface area contributed by atoms with Gasteiger partial charge in [-0.3, -0.25) is 14.4 Å². The highest BCUT2D eigenvalue weighted by Crippen LogP contribution is 2.34. The number of carbonyl (C=O) groups excluding carboxylic acids is 1. The highest BCUT2D eigenvalue weighted by Gasteiger charge is 2.41. The smallest absolute Gasteiger partial charge is 0.227 e. The quantitative estimate of drug-likeness (QED) is 0.852. The first kappa shape index (κ1) is 15.2. The van der Waals surface area contributed by atoms with E-state index in [-0.39, 0.29) is 5.92 Å². The average molecular weight is 316 g/mol. The Bertz CT molecular complexity index is 592. The Morgan fingerprint density at radius 1 is 1.22 bits per heavy atom. The predicted octanol–water partition coefficient (Wildman–Crippen LogP) is 1.95. The number of aryl methyl sites for hydroxylation is 1. The molecule has 1 aliphatic carbocycles. The van der Waals surface area contributed by atoms with E-state index in [2.05, 4.69) is 21.8 Å². The lowest BCUT2D eigenvalue weighted by Gasteiger charge is -2.40. The maximum absolute atomic E-state index is 12.8. The molecule has 1 aromatic heterocycles. The molecular formula is C18H28N4O. The molecule has 0 spiro atoms. The fourth-order valence-electron chi connectivity index (χ4n) is 4.39. The SMILES string of the molecule is Cc1c(CN2C[C@H]3CC[C@@H](C2)N(CC2CCC2)C3=O)cnn1C. The van der Waals surface area contributed by atoms with E-state index >= 15 is 0 Å². The summed E-state index contributed by atoms with van der Waals surface area (Å²) in [6.45, 7) is 6.02. The van der Waals surface area contributed by atoms with Crippen molar-refractivity contribution in [2.45, 2.75) is 51.6 Å². The van der Waals surface area contributed by atoms with Crippen molar-refractivity contribution in [1.29, 1.82) is 0 Å². The van der Waals surface area contributed by atoms with E-state index in [9.17, 15) is 4.79 Å². The Morgan fingerprint density at radius 2 is 2.04 bits per heavy atom. The number of rotatable bonds is 4. The van der Waals surface area contributed by atoms with Crippen molar-refractivity contribution in [3.8, 4) is 0 Å². The molecule has 0 N–H and O–H groups in total. The first-order valence-corrected chi connectivity index (χ1v) is 9.12. The standard InChI is InChI=1S/C18H28N4O/c1-13-16(8-19-20(13)2)11-21-10-15-6-7-17(12-21)22(18(15)23)9-14-4-3-5-14/h8,14-15,17H,3-7,9-12H2,1-2H3/t15-,17+/m1/s1. The van der Waals surface area contributed by atoms with Gasteiger partial charge in [0.2, 0.25) is 5.91 Å². The summed E-state index contributed by atoms with van der Waals surface area (Å²) < 4.78 is 1.94. The van der Waals surface area contributed by atoms with Gasteiger partial charge in [0.25, 0.3) is 0 Å². The zero-order valence-electron chi connectivity index (χ0n) is 14.4. The molecule has 1 saturated carbocycles. The van der Waals surface area contributed by atoms with Crippen LogP contribution in [-0.4, -0.2) is 51.2 Å². The molecule has 23 heavy (non-hydrogen) atoms. The number of piperidine rings is 1. The van der Waals surface area contributed by atoms with Gasteiger partial charge in [0.15, 0.2) is 0 Å². The van der Waals surface area contributed by atoms with Gasteiger partial charge in [-0.25, -0.2) is 0 Å². The Labute approximate surface area is 138 Å². The van der Waals surface area contributed by atoms with Crippen molar-refractivity contribution < 1.29 is 4.79 Å². The number of aromatic nitrogens is 2. The molecule has 2 bridgehead atoms. The molecule has 4 fully saturated rings. The second-order valence-electron chi connectivity index (χ2n) is 7.79. The van der Waals surface area contributed by atoms with Crippen LogP contribution in [0.1, 0.15) is 43.4 Å². The highest BCUT2D eigenvalue weighted by atomic mass is 16.2. The summed E-state index contributed by atoms with van der Waals surface area (Å²) in [5, 5.41) is 4.36. The molecule has 1 aromatic rings. The summed E-state index contributed by atoms with van der Waals surface area (Å²) in [5.74, 6) is 1.41. The molecule has 3 aliphatic heterocycles. The van der Waals surface area contributed by atoms with Gasteiger partial charge >= 0.3 is 0 Å². The number of hydrogen-bond acceptors (Lipinski definition) is 3. The van der Waals surface area contributed by atoms with Crippen LogP contribution in [0.2, 0.25) is 0 Å². The largest absolute Gasteiger partial charge is 0.338 e. The van der Waals surface area contributed by atoms with Gasteiger partial charge in [-0.1, -0.05) is 6.42 Å². The number of hydrogen-bond donors (Lipinski definition) is 0. The van der Waals surface area contributed by atoms with Crippen molar-refractivity contribution in [2.75, 3.05) is 19.6 Å². The van der Waals surface area contributed by atoms with Crippen LogP contribution in [0.3, 0.4) is 0 Å². The van der Waals surface area contributed by atoms with Crippen LogP contribution in [0.15, 0.2) is 6.20 Å². The molecule has 5 nitrogen and oxygen atoms in total. The molecule has 3 saturated heterocycles. The van der Waals surface area contributed by atoms with Crippen LogP contribution in [0.5, 0.6) is 0 Å². The minimum absolute atomic E-state index is 0.214. The van der Waals surface area contributed by atoms with E-state index < -0.39 is 0 Å². The van der Waals surface area contributed by atoms with Gasteiger partial charge in [-0.2, -0.15) is 5.10 Å². The third-order valence-electron chi connectivity index (χ3n) is 6.28. The van der Waals surface area contributed by atoms with Crippen molar-refractivity contribution in [3.63, 3.8) is 0 Å². The normalized spacial score (nSPS) is 29.0. The Balaban J connectivity index is 1.48. The van der Waals surface area contributed by atoms with Gasteiger partial charge in [0.05, 0.1) is 12.1 Å². The van der Waals surface area contributed by atoms with Crippen LogP contribution in [0.4, 0.5) is 0 Å². The summed E-state index contributed by atoms with van der Waals surface area (Å²) in [6.07, 6.45) is 8.24. The molecule has 0 aromatic carbocycles. The van der Waals surface area contributed by atoms with Gasteiger partial charge in [0, 0.05) is 50.5 Å². The molecule has 1 amide bonds. The van der Waals surface area contributed by atoms with Crippen LogP contribution in [0, 0.1) is 18.8 Å². The average Bonchev–Trinajstić information content (AvgIpc) is 2.67. The molecule has 5 heteroatoms. The molecule has 0 radical (unpaired) electrons. The lowest BCUT2D eigenvalue weighted by molar-refractivity contribution is -0.141. The van der Waals surface area contributed by atoms with Gasteiger partial charge in [-0.05, 0) is 38.5 Å². The van der Waals surface area contributed by atoms with Crippen molar-refractivity contribution in [3.05, 3.63) is 17.5 Å². The Kier molecular flexibility index (Phi) is 3.92. The van der Waals surface area contributed by atoms with Gasteiger partial charge < -0.3 is 4.90 Å². The van der Waals surface area contributed by atoms with Gasteiger partial charge in [0.1, 0.15) is 0 Å². The molecule has 5 rings (SSSR count). The maximum atomic E-state index is 12.8. The summed E-state index contributed by atoms with van der Waals surface area (Å²) in [6, 6.07) is 0.429. The van der Waals surface area contributed by atoms with E-state index in [4.69, 9.17) is 0 Å². The minimum atomic E-state index is 0.214. The topological polar surface area (TPSA) is 41.4 Å². The third kappa shape index (κ3) is 2.80. The van der Waals surface area contributed by atoms with Gasteiger partial charge in [-0.15, -0.1) is 0 Å². The summed E-state index contributed by atoms with van der Waals surface area (Å²) >= 11 is 0. The Hall–Kier alpha value is -1.36. The number of fused-ring (bicyclic) bond motifs is 4. The maximum Gasteiger partial charge on any atom is 0.227 e. The van der Waals surface area contributed by atoms with Crippen LogP contribution in [-0.2, 0) is 18.4 Å². The second-order valence-corrected chi connectivity index (χ2v) is 7.79. The number of amides is 1. The van der Waals surface area contributed by atoms with Crippen molar-refractivity contribution in [1.82, 2.24) is 19.6 Å². The predicted molar refractivity (Wildman–Crippen MR) is 88.8 cm³/mol. The van der Waals surface area contributed by atoms with Crippen LogP contribution >= 0.6 is 0 Å². The minimum Gasteiger partial charge on any atom is -0.338 e. The summed E-state index contributed by atoms with van der Waals surface area (Å²) in [5.41, 5.74) is 2.53. The number of nitrogens with zero attached hydrogens (tertiary/aromatic N) is 4. The molecule has 0 unspecified atom stereocenters. The monoisotopic (exact) mass is 316 g/mol. The molecular weight excluding hydrogens is 288 g/mol. The van der Waals surface area contributed by atoms with E-state index in [1.807, 2.05) is 17.9 Å². The zero-order chi connectivity index (χ0) is 16.0. The van der Waals surface area contributed by atoms with E-state index in [1.54, 1.807) is 0 Å². The molecule has 2 atom stereocenters. The second kappa shape index (κ2) is 5.93. The van der Waals surface area contributed by atoms with E-state index in [1.165, 1.54) is 36.9 Å². The van der Waals surface area contributed by atoms with E-state index in [0.29, 0.717) is 11.9 Å². The fourth-order valence-corrected chi connectivity index (χ4v) is 4.39. The Morgan fingerprint density at radius 3 is 2.70 bits per heavy atom. The lowest BCUT2D eigenvalue weighted by atomic mass is 9.83. The van der Waals surface area contributed by atoms with Crippen molar-refractivity contribution in [2.24, 2.45) is 18.9 Å². The number of carbonyl (C=O) groups is 1. The third-order valence-corrected chi connectivity index (χ3v) is 6.28. The molecule has 4 heterocycles. The molecule has 4 aliphatic rings. The summed E-state index contributed by atoms with van der Waals surface area (Å²) in [7, 11) is 1.99. The molecule has 126 valence electrons. The van der Waals surface area contributed by atoms with E-state index in [0.717, 1.165) is 38.5 Å². The first-order chi connectivity index (χ1) is 11.1. The zero-order valence-corrected chi connectivity index (χ0v) is 14.4. The fraction of sp³-hybridized carbons (Fsp3) is 0.778. The van der Waals surface area contributed by atoms with Crippen LogP contribution < -0.4 is 0 Å². The lowest BCUT2D eigenvalue weighted by Crippen LogP contribution is -2.50. The summed E-state index contributed by atoms with van der Waals surface area (Å²) in [4.78, 5) is 17.6. The first-order valence-electron chi connectivity index (χ1n) is 9.12. The van der Waals surface area contributed by atoms with Crippen molar-refractivity contribution >= 4 is 5.91 Å². The van der Waals surface area contributed by atoms with Crippen LogP contribution in [0.25, 0.3) is 0 Å².